The number of carbonyl (C=O) groups is 3. The predicted octanol–water partition coefficient (Wildman–Crippen LogP) is 0.000800. The average Bonchev–Trinajstić information content (AvgIpc) is 2.91. The molecule has 1 unspecified atom stereocenters. The van der Waals surface area contributed by atoms with E-state index >= 15 is 0 Å². The number of hydrogen-bond donors (Lipinski definition) is 1. The molecule has 1 spiro atoms. The highest BCUT2D eigenvalue weighted by molar-refractivity contribution is 6.11. The Morgan fingerprint density at radius 1 is 1.50 bits per heavy atom. The van der Waals surface area contributed by atoms with E-state index in [-0.39, 0.29) is 23.9 Å². The molecule has 1 aromatic rings. The molecule has 0 radical (unpaired) electrons. The summed E-state index contributed by atoms with van der Waals surface area (Å²) in [6.45, 7) is 0.255. The van der Waals surface area contributed by atoms with Crippen LogP contribution in [-0.2, 0) is 11.2 Å². The first-order valence-corrected chi connectivity index (χ1v) is 6.13. The Morgan fingerprint density at radius 2 is 2.25 bits per heavy atom. The van der Waals surface area contributed by atoms with Crippen LogP contribution in [0.15, 0.2) is 12.3 Å². The van der Waals surface area contributed by atoms with Gasteiger partial charge < -0.3 is 15.0 Å². The standard InChI is InChI=1S/C13H13N3O4/c1-16-12(19)15-6-13(16)4-9-8(10(13)17)3-7(5-14-9)11(18)20-2/h3,5H,4,6H2,1-2H3,(H,15,19). The van der Waals surface area contributed by atoms with Crippen LogP contribution in [0.5, 0.6) is 0 Å². The number of fused-ring (bicyclic) bond motifs is 1. The maximum atomic E-state index is 12.6. The minimum absolute atomic E-state index is 0.188. The van der Waals surface area contributed by atoms with Gasteiger partial charge >= 0.3 is 12.0 Å². The van der Waals surface area contributed by atoms with Crippen molar-refractivity contribution in [2.45, 2.75) is 12.0 Å². The van der Waals surface area contributed by atoms with Crippen molar-refractivity contribution in [3.8, 4) is 0 Å². The van der Waals surface area contributed by atoms with Gasteiger partial charge in [-0.05, 0) is 6.07 Å². The second-order valence-electron chi connectivity index (χ2n) is 4.97. The quantitative estimate of drug-likeness (QED) is 0.729. The number of nitrogens with one attached hydrogen (secondary N) is 1. The number of hydrogen-bond acceptors (Lipinski definition) is 5. The summed E-state index contributed by atoms with van der Waals surface area (Å²) in [6.07, 6.45) is 1.75. The number of methoxy groups -OCH3 is 1. The first-order chi connectivity index (χ1) is 9.49. The minimum Gasteiger partial charge on any atom is -0.465 e. The van der Waals surface area contributed by atoms with Crippen LogP contribution < -0.4 is 5.32 Å². The lowest BCUT2D eigenvalue weighted by molar-refractivity contribution is 0.0600. The lowest BCUT2D eigenvalue weighted by Gasteiger charge is -2.27. The van der Waals surface area contributed by atoms with Crippen LogP contribution >= 0.6 is 0 Å². The fourth-order valence-electron chi connectivity index (χ4n) is 2.74. The summed E-state index contributed by atoms with van der Waals surface area (Å²) in [5.74, 6) is -0.727. The Balaban J connectivity index is 2.03. The number of esters is 1. The summed E-state index contributed by atoms with van der Waals surface area (Å²) >= 11 is 0. The van der Waals surface area contributed by atoms with Crippen molar-refractivity contribution >= 4 is 17.8 Å². The number of carbonyl (C=O) groups excluding carboxylic acids is 3. The van der Waals surface area contributed by atoms with Crippen LogP contribution in [0, 0.1) is 0 Å². The summed E-state index contributed by atoms with van der Waals surface area (Å²) in [4.78, 5) is 41.3. The molecule has 3 rings (SSSR count). The van der Waals surface area contributed by atoms with Crippen molar-refractivity contribution in [2.24, 2.45) is 0 Å². The highest BCUT2D eigenvalue weighted by Crippen LogP contribution is 2.35. The third-order valence-corrected chi connectivity index (χ3v) is 4.00. The van der Waals surface area contributed by atoms with Gasteiger partial charge in [-0.15, -0.1) is 0 Å². The largest absolute Gasteiger partial charge is 0.465 e. The number of rotatable bonds is 1. The molecule has 104 valence electrons. The third-order valence-electron chi connectivity index (χ3n) is 4.00. The van der Waals surface area contributed by atoms with Gasteiger partial charge in [0.05, 0.1) is 24.9 Å². The van der Waals surface area contributed by atoms with Gasteiger partial charge in [0, 0.05) is 25.2 Å². The SMILES string of the molecule is COC(=O)c1cnc2c(c1)C(=O)C1(CNC(=O)N1C)C2. The van der Waals surface area contributed by atoms with Crippen molar-refractivity contribution in [3.63, 3.8) is 0 Å². The van der Waals surface area contributed by atoms with Gasteiger partial charge in [0.25, 0.3) is 0 Å². The molecule has 1 fully saturated rings. The number of likely N-dealkylation sites (N-methyl/N-ethyl adjacent to an activating group) is 1. The van der Waals surface area contributed by atoms with Crippen LogP contribution in [0.2, 0.25) is 0 Å². The Labute approximate surface area is 114 Å². The lowest BCUT2D eigenvalue weighted by atomic mass is 9.94. The molecule has 0 saturated carbocycles. The van der Waals surface area contributed by atoms with E-state index in [2.05, 4.69) is 15.0 Å². The fraction of sp³-hybridized carbons (Fsp3) is 0.385. The first-order valence-electron chi connectivity index (χ1n) is 6.13. The molecule has 1 saturated heterocycles. The van der Waals surface area contributed by atoms with Crippen molar-refractivity contribution < 1.29 is 19.1 Å². The number of Topliss-reactive ketones (excluding diaryl/α,β-unsaturated/α-hetero) is 1. The van der Waals surface area contributed by atoms with Gasteiger partial charge in [0.1, 0.15) is 5.54 Å². The predicted molar refractivity (Wildman–Crippen MR) is 67.5 cm³/mol. The van der Waals surface area contributed by atoms with E-state index in [1.165, 1.54) is 24.3 Å². The summed E-state index contributed by atoms with van der Waals surface area (Å²) in [5.41, 5.74) is 0.306. The van der Waals surface area contributed by atoms with Crippen molar-refractivity contribution in [1.82, 2.24) is 15.2 Å². The summed E-state index contributed by atoms with van der Waals surface area (Å²) < 4.78 is 4.62. The number of ketones is 1. The molecule has 1 aliphatic heterocycles. The molecule has 1 atom stereocenters. The Kier molecular flexibility index (Phi) is 2.53. The number of nitrogens with zero attached hydrogens (tertiary/aromatic N) is 2. The van der Waals surface area contributed by atoms with Crippen LogP contribution in [0.4, 0.5) is 4.79 Å². The normalized spacial score (nSPS) is 24.0. The van der Waals surface area contributed by atoms with E-state index in [0.29, 0.717) is 17.7 Å². The van der Waals surface area contributed by atoms with E-state index < -0.39 is 11.5 Å². The molecule has 20 heavy (non-hydrogen) atoms. The second-order valence-corrected chi connectivity index (χ2v) is 4.97. The van der Waals surface area contributed by atoms with Gasteiger partial charge in [-0.1, -0.05) is 0 Å². The molecule has 2 amide bonds. The summed E-state index contributed by atoms with van der Waals surface area (Å²) in [5, 5.41) is 2.66. The summed E-state index contributed by atoms with van der Waals surface area (Å²) in [6, 6.07) is 1.21. The molecular formula is C13H13N3O4. The van der Waals surface area contributed by atoms with E-state index in [0.717, 1.165) is 0 Å². The number of pyridine rings is 1. The average molecular weight is 275 g/mol. The molecular weight excluding hydrogens is 262 g/mol. The zero-order chi connectivity index (χ0) is 14.5. The van der Waals surface area contributed by atoms with E-state index in [1.807, 2.05) is 0 Å². The second kappa shape index (κ2) is 4.03. The van der Waals surface area contributed by atoms with E-state index in [4.69, 9.17) is 0 Å². The highest BCUT2D eigenvalue weighted by Gasteiger charge is 2.54. The van der Waals surface area contributed by atoms with E-state index in [9.17, 15) is 14.4 Å². The number of ether oxygens (including phenoxy) is 1. The third kappa shape index (κ3) is 1.46. The van der Waals surface area contributed by atoms with Crippen molar-refractivity contribution in [1.29, 1.82) is 0 Å². The smallest absolute Gasteiger partial charge is 0.339 e. The van der Waals surface area contributed by atoms with Crippen molar-refractivity contribution in [3.05, 3.63) is 29.1 Å². The zero-order valence-corrected chi connectivity index (χ0v) is 11.1. The topological polar surface area (TPSA) is 88.6 Å². The Morgan fingerprint density at radius 3 is 2.85 bits per heavy atom. The number of amides is 2. The number of urea groups is 1. The van der Waals surface area contributed by atoms with Crippen LogP contribution in [0.3, 0.4) is 0 Å². The van der Waals surface area contributed by atoms with E-state index in [1.54, 1.807) is 7.05 Å². The molecule has 2 aliphatic rings. The van der Waals surface area contributed by atoms with Gasteiger partial charge in [-0.25, -0.2) is 9.59 Å². The maximum absolute atomic E-state index is 12.6. The molecule has 0 aromatic carbocycles. The molecule has 1 aliphatic carbocycles. The summed E-state index contributed by atoms with van der Waals surface area (Å²) in [7, 11) is 2.86. The van der Waals surface area contributed by atoms with Crippen molar-refractivity contribution in [2.75, 3.05) is 20.7 Å². The number of aromatic nitrogens is 1. The minimum atomic E-state index is -0.916. The van der Waals surface area contributed by atoms with Crippen LogP contribution in [0.25, 0.3) is 0 Å². The zero-order valence-electron chi connectivity index (χ0n) is 11.1. The Bertz CT molecular complexity index is 643. The van der Waals surface area contributed by atoms with Gasteiger partial charge in [0.15, 0.2) is 5.78 Å². The highest BCUT2D eigenvalue weighted by atomic mass is 16.5. The van der Waals surface area contributed by atoms with Gasteiger partial charge in [0.2, 0.25) is 0 Å². The molecule has 7 nitrogen and oxygen atoms in total. The fourth-order valence-corrected chi connectivity index (χ4v) is 2.74. The monoisotopic (exact) mass is 275 g/mol. The lowest BCUT2D eigenvalue weighted by Crippen LogP contribution is -2.50. The van der Waals surface area contributed by atoms with Crippen LogP contribution in [0.1, 0.15) is 26.4 Å². The maximum Gasteiger partial charge on any atom is 0.339 e. The Hall–Kier alpha value is -2.44. The van der Waals surface area contributed by atoms with Crippen LogP contribution in [-0.4, -0.2) is 53.9 Å². The molecule has 0 bridgehead atoms. The van der Waals surface area contributed by atoms with Gasteiger partial charge in [-0.2, -0.15) is 0 Å². The molecule has 2 heterocycles. The molecule has 1 N–H and O–H groups in total. The van der Waals surface area contributed by atoms with Gasteiger partial charge in [-0.3, -0.25) is 9.78 Å². The molecule has 7 heteroatoms. The molecule has 1 aromatic heterocycles. The first kappa shape index (κ1) is 12.6.